The number of rotatable bonds is 3. The predicted molar refractivity (Wildman–Crippen MR) is 70.6 cm³/mol. The van der Waals surface area contributed by atoms with Gasteiger partial charge in [-0.05, 0) is 11.4 Å². The number of hydrogen-bond donors (Lipinski definition) is 0. The number of thiophene rings is 1. The Morgan fingerprint density at radius 1 is 1.41 bits per heavy atom. The van der Waals surface area contributed by atoms with Crippen LogP contribution in [0.1, 0.15) is 5.56 Å². The van der Waals surface area contributed by atoms with E-state index < -0.39 is 0 Å². The molecule has 0 radical (unpaired) electrons. The average Bonchev–Trinajstić information content (AvgIpc) is 2.73. The molecule has 2 nitrogen and oxygen atoms in total. The van der Waals surface area contributed by atoms with Crippen molar-refractivity contribution in [1.29, 1.82) is 5.26 Å². The summed E-state index contributed by atoms with van der Waals surface area (Å²) in [5.74, 6) is 0.754. The van der Waals surface area contributed by atoms with E-state index in [9.17, 15) is 0 Å². The second-order valence-electron chi connectivity index (χ2n) is 3.44. The van der Waals surface area contributed by atoms with Crippen LogP contribution in [-0.2, 0) is 6.42 Å². The van der Waals surface area contributed by atoms with Crippen LogP contribution in [0, 0.1) is 11.3 Å². The van der Waals surface area contributed by atoms with Crippen molar-refractivity contribution in [2.45, 2.75) is 6.42 Å². The number of benzene rings is 1. The molecule has 0 fully saturated rings. The molecule has 0 saturated heterocycles. The third kappa shape index (κ3) is 2.28. The van der Waals surface area contributed by atoms with Crippen LogP contribution in [-0.4, -0.2) is 7.11 Å². The maximum atomic E-state index is 8.75. The van der Waals surface area contributed by atoms with Crippen LogP contribution < -0.4 is 4.74 Å². The van der Waals surface area contributed by atoms with Gasteiger partial charge in [0.25, 0.3) is 0 Å². The summed E-state index contributed by atoms with van der Waals surface area (Å²) >= 11 is 7.71. The highest BCUT2D eigenvalue weighted by Crippen LogP contribution is 2.42. The molecule has 1 aromatic carbocycles. The molecule has 1 heterocycles. The molecule has 0 spiro atoms. The topological polar surface area (TPSA) is 33.0 Å². The molecule has 4 heteroatoms. The molecule has 0 saturated carbocycles. The minimum absolute atomic E-state index is 0.351. The number of hydrogen-bond acceptors (Lipinski definition) is 3. The lowest BCUT2D eigenvalue weighted by atomic mass is 10.1. The molecule has 17 heavy (non-hydrogen) atoms. The number of methoxy groups -OCH3 is 1. The van der Waals surface area contributed by atoms with E-state index in [1.165, 1.54) is 0 Å². The third-order valence-corrected chi connectivity index (χ3v) is 3.78. The lowest BCUT2D eigenvalue weighted by Crippen LogP contribution is -1.88. The molecular weight excluding hydrogens is 254 g/mol. The quantitative estimate of drug-likeness (QED) is 0.834. The van der Waals surface area contributed by atoms with Gasteiger partial charge < -0.3 is 4.74 Å². The van der Waals surface area contributed by atoms with E-state index in [4.69, 9.17) is 21.6 Å². The standard InChI is InChI=1S/C13H10ClNOS/c1-16-12-9(6-7-15)8-17-13(12)10-4-2-3-5-11(10)14/h2-5,8H,6H2,1H3. The summed E-state index contributed by atoms with van der Waals surface area (Å²) < 4.78 is 5.38. The minimum Gasteiger partial charge on any atom is -0.495 e. The van der Waals surface area contributed by atoms with E-state index in [1.807, 2.05) is 29.6 Å². The van der Waals surface area contributed by atoms with Gasteiger partial charge in [0.1, 0.15) is 5.75 Å². The lowest BCUT2D eigenvalue weighted by Gasteiger charge is -2.06. The van der Waals surface area contributed by atoms with E-state index in [0.717, 1.165) is 21.8 Å². The van der Waals surface area contributed by atoms with E-state index >= 15 is 0 Å². The SMILES string of the molecule is COc1c(CC#N)csc1-c1ccccc1Cl. The van der Waals surface area contributed by atoms with Crippen molar-refractivity contribution in [3.05, 3.63) is 40.2 Å². The Kier molecular flexibility index (Phi) is 3.68. The van der Waals surface area contributed by atoms with Crippen molar-refractivity contribution in [2.75, 3.05) is 7.11 Å². The molecule has 0 atom stereocenters. The van der Waals surface area contributed by atoms with Gasteiger partial charge in [-0.25, -0.2) is 0 Å². The summed E-state index contributed by atoms with van der Waals surface area (Å²) in [6, 6.07) is 9.76. The van der Waals surface area contributed by atoms with Gasteiger partial charge >= 0.3 is 0 Å². The number of nitriles is 1. The second kappa shape index (κ2) is 5.22. The largest absolute Gasteiger partial charge is 0.495 e. The smallest absolute Gasteiger partial charge is 0.141 e. The van der Waals surface area contributed by atoms with Crippen molar-refractivity contribution in [3.63, 3.8) is 0 Å². The fourth-order valence-corrected chi connectivity index (χ4v) is 3.01. The second-order valence-corrected chi connectivity index (χ2v) is 4.72. The summed E-state index contributed by atoms with van der Waals surface area (Å²) in [7, 11) is 1.61. The summed E-state index contributed by atoms with van der Waals surface area (Å²) in [5, 5.41) is 11.4. The molecule has 2 aromatic rings. The minimum atomic E-state index is 0.351. The molecular formula is C13H10ClNOS. The summed E-state index contributed by atoms with van der Waals surface area (Å²) in [6.07, 6.45) is 0.351. The number of nitrogens with zero attached hydrogens (tertiary/aromatic N) is 1. The van der Waals surface area contributed by atoms with Crippen molar-refractivity contribution in [2.24, 2.45) is 0 Å². The first-order valence-corrected chi connectivity index (χ1v) is 6.30. The zero-order valence-corrected chi connectivity index (χ0v) is 10.8. The first-order chi connectivity index (χ1) is 8.27. The first-order valence-electron chi connectivity index (χ1n) is 5.04. The molecule has 2 rings (SSSR count). The Morgan fingerprint density at radius 3 is 2.82 bits per heavy atom. The molecule has 86 valence electrons. The average molecular weight is 264 g/mol. The van der Waals surface area contributed by atoms with Crippen LogP contribution in [0.3, 0.4) is 0 Å². The van der Waals surface area contributed by atoms with Crippen molar-refractivity contribution in [3.8, 4) is 22.3 Å². The van der Waals surface area contributed by atoms with Crippen LogP contribution in [0.2, 0.25) is 5.02 Å². The molecule has 0 aliphatic rings. The highest BCUT2D eigenvalue weighted by molar-refractivity contribution is 7.14. The highest BCUT2D eigenvalue weighted by Gasteiger charge is 2.15. The number of halogens is 1. The Hall–Kier alpha value is -1.50. The number of ether oxygens (including phenoxy) is 1. The Balaban J connectivity index is 2.54. The zero-order valence-electron chi connectivity index (χ0n) is 9.24. The molecule has 0 N–H and O–H groups in total. The lowest BCUT2D eigenvalue weighted by molar-refractivity contribution is 0.414. The highest BCUT2D eigenvalue weighted by atomic mass is 35.5. The maximum absolute atomic E-state index is 8.75. The van der Waals surface area contributed by atoms with Crippen LogP contribution in [0.25, 0.3) is 10.4 Å². The van der Waals surface area contributed by atoms with Crippen molar-refractivity contribution >= 4 is 22.9 Å². The fourth-order valence-electron chi connectivity index (χ4n) is 1.64. The van der Waals surface area contributed by atoms with Gasteiger partial charge in [-0.1, -0.05) is 29.8 Å². The first kappa shape index (κ1) is 12.0. The van der Waals surface area contributed by atoms with Crippen LogP contribution in [0.4, 0.5) is 0 Å². The Morgan fingerprint density at radius 2 is 2.18 bits per heavy atom. The van der Waals surface area contributed by atoms with E-state index in [2.05, 4.69) is 6.07 Å². The van der Waals surface area contributed by atoms with Gasteiger partial charge in [0.15, 0.2) is 0 Å². The van der Waals surface area contributed by atoms with Gasteiger partial charge in [0.2, 0.25) is 0 Å². The molecule has 0 amide bonds. The van der Waals surface area contributed by atoms with Gasteiger partial charge in [-0.3, -0.25) is 0 Å². The Labute approximate surface area is 109 Å². The summed E-state index contributed by atoms with van der Waals surface area (Å²) in [6.45, 7) is 0. The molecule has 1 aromatic heterocycles. The van der Waals surface area contributed by atoms with Gasteiger partial charge in [0.05, 0.1) is 24.5 Å². The van der Waals surface area contributed by atoms with E-state index in [0.29, 0.717) is 11.4 Å². The van der Waals surface area contributed by atoms with Crippen molar-refractivity contribution in [1.82, 2.24) is 0 Å². The molecule has 0 unspecified atom stereocenters. The van der Waals surface area contributed by atoms with Crippen LogP contribution >= 0.6 is 22.9 Å². The van der Waals surface area contributed by atoms with Gasteiger partial charge in [-0.15, -0.1) is 11.3 Å². The predicted octanol–water partition coefficient (Wildman–Crippen LogP) is 4.14. The van der Waals surface area contributed by atoms with E-state index in [1.54, 1.807) is 18.4 Å². The molecule has 0 aliphatic carbocycles. The zero-order chi connectivity index (χ0) is 12.3. The van der Waals surface area contributed by atoms with Gasteiger partial charge in [0, 0.05) is 16.1 Å². The molecule has 0 bridgehead atoms. The van der Waals surface area contributed by atoms with E-state index in [-0.39, 0.29) is 0 Å². The monoisotopic (exact) mass is 263 g/mol. The fraction of sp³-hybridized carbons (Fsp3) is 0.154. The Bertz CT molecular complexity index is 571. The maximum Gasteiger partial charge on any atom is 0.141 e. The van der Waals surface area contributed by atoms with Crippen LogP contribution in [0.5, 0.6) is 5.75 Å². The summed E-state index contributed by atoms with van der Waals surface area (Å²) in [4.78, 5) is 0.975. The van der Waals surface area contributed by atoms with Gasteiger partial charge in [-0.2, -0.15) is 5.26 Å². The molecule has 0 aliphatic heterocycles. The normalized spacial score (nSPS) is 9.94. The summed E-state index contributed by atoms with van der Waals surface area (Å²) in [5.41, 5.74) is 1.86. The van der Waals surface area contributed by atoms with Crippen molar-refractivity contribution < 1.29 is 4.74 Å². The van der Waals surface area contributed by atoms with Crippen LogP contribution in [0.15, 0.2) is 29.6 Å². The third-order valence-electron chi connectivity index (χ3n) is 2.41.